The van der Waals surface area contributed by atoms with Gasteiger partial charge in [0.1, 0.15) is 5.82 Å². The van der Waals surface area contributed by atoms with Crippen molar-refractivity contribution in [2.24, 2.45) is 5.10 Å². The third-order valence-corrected chi connectivity index (χ3v) is 4.68. The second kappa shape index (κ2) is 9.22. The Balaban J connectivity index is 2.22. The molecule has 0 saturated carbocycles. The van der Waals surface area contributed by atoms with Crippen LogP contribution in [-0.4, -0.2) is 35.5 Å². The lowest BCUT2D eigenvalue weighted by molar-refractivity contribution is 0.275. The average molecular weight is 396 g/mol. The van der Waals surface area contributed by atoms with Gasteiger partial charge in [0.2, 0.25) is 5.75 Å². The molecule has 0 aromatic heterocycles. The van der Waals surface area contributed by atoms with Crippen LogP contribution in [0.3, 0.4) is 0 Å². The Morgan fingerprint density at radius 1 is 1.11 bits per heavy atom. The molecule has 9 heteroatoms. The van der Waals surface area contributed by atoms with Crippen molar-refractivity contribution >= 4 is 16.2 Å². The predicted octanol–water partition coefficient (Wildman–Crippen LogP) is 2.94. The molecule has 2 aromatic rings. The van der Waals surface area contributed by atoms with Crippen LogP contribution in [-0.2, 0) is 10.0 Å². The van der Waals surface area contributed by atoms with E-state index in [4.69, 9.17) is 14.2 Å². The number of hydrogen-bond donors (Lipinski definition) is 1. The molecule has 146 valence electrons. The molecule has 1 N–H and O–H groups in total. The Bertz CT molecular complexity index is 873. The van der Waals surface area contributed by atoms with Crippen LogP contribution in [0.4, 0.5) is 4.39 Å². The summed E-state index contributed by atoms with van der Waals surface area (Å²) in [5.74, 6) is 0.809. The molecule has 27 heavy (non-hydrogen) atoms. The van der Waals surface area contributed by atoms with Crippen molar-refractivity contribution in [2.45, 2.75) is 18.2 Å². The number of hydrogen-bond acceptors (Lipinski definition) is 6. The quantitative estimate of drug-likeness (QED) is 0.520. The maximum absolute atomic E-state index is 12.9. The zero-order valence-electron chi connectivity index (χ0n) is 15.2. The van der Waals surface area contributed by atoms with Gasteiger partial charge < -0.3 is 14.2 Å². The monoisotopic (exact) mass is 396 g/mol. The molecule has 0 saturated heterocycles. The number of sulfonamides is 1. The first-order chi connectivity index (χ1) is 12.9. The summed E-state index contributed by atoms with van der Waals surface area (Å²) in [5, 5.41) is 3.75. The lowest BCUT2D eigenvalue weighted by atomic mass is 10.2. The van der Waals surface area contributed by atoms with E-state index in [0.29, 0.717) is 29.4 Å². The van der Waals surface area contributed by atoms with Gasteiger partial charge in [0, 0.05) is 5.56 Å². The number of methoxy groups -OCH3 is 2. The number of nitrogens with zero attached hydrogens (tertiary/aromatic N) is 1. The molecule has 0 radical (unpaired) electrons. The largest absolute Gasteiger partial charge is 0.493 e. The highest BCUT2D eigenvalue weighted by Crippen LogP contribution is 2.38. The van der Waals surface area contributed by atoms with E-state index in [1.54, 1.807) is 12.1 Å². The zero-order valence-corrected chi connectivity index (χ0v) is 16.0. The summed E-state index contributed by atoms with van der Waals surface area (Å²) in [6, 6.07) is 7.71. The maximum atomic E-state index is 12.9. The number of nitrogens with one attached hydrogen (secondary N) is 1. The van der Waals surface area contributed by atoms with Gasteiger partial charge in [-0.15, -0.1) is 0 Å². The highest BCUT2D eigenvalue weighted by molar-refractivity contribution is 7.89. The Morgan fingerprint density at radius 3 is 2.22 bits per heavy atom. The van der Waals surface area contributed by atoms with Gasteiger partial charge in [-0.25, -0.2) is 9.22 Å². The van der Waals surface area contributed by atoms with Gasteiger partial charge in [-0.2, -0.15) is 13.5 Å². The van der Waals surface area contributed by atoms with E-state index < -0.39 is 15.8 Å². The number of halogens is 1. The molecule has 0 aliphatic heterocycles. The van der Waals surface area contributed by atoms with E-state index >= 15 is 0 Å². The second-order valence-electron chi connectivity index (χ2n) is 5.41. The lowest BCUT2D eigenvalue weighted by Gasteiger charge is -2.14. The predicted molar refractivity (Wildman–Crippen MR) is 99.6 cm³/mol. The fourth-order valence-electron chi connectivity index (χ4n) is 2.16. The van der Waals surface area contributed by atoms with Gasteiger partial charge in [0.15, 0.2) is 11.5 Å². The third kappa shape index (κ3) is 5.33. The molecule has 0 aliphatic rings. The Kier molecular flexibility index (Phi) is 7.00. The Morgan fingerprint density at radius 2 is 1.70 bits per heavy atom. The highest BCUT2D eigenvalue weighted by atomic mass is 32.2. The molecule has 0 amide bonds. The van der Waals surface area contributed by atoms with Crippen molar-refractivity contribution < 1.29 is 27.0 Å². The first kappa shape index (κ1) is 20.5. The number of ether oxygens (including phenoxy) is 3. The molecule has 2 aromatic carbocycles. The molecule has 0 spiro atoms. The fourth-order valence-corrected chi connectivity index (χ4v) is 2.95. The molecule has 0 atom stereocenters. The molecule has 0 aliphatic carbocycles. The van der Waals surface area contributed by atoms with E-state index in [2.05, 4.69) is 9.93 Å². The summed E-state index contributed by atoms with van der Waals surface area (Å²) >= 11 is 0. The number of benzene rings is 2. The number of hydrazone groups is 1. The van der Waals surface area contributed by atoms with Crippen molar-refractivity contribution in [3.63, 3.8) is 0 Å². The normalized spacial score (nSPS) is 11.4. The van der Waals surface area contributed by atoms with Crippen molar-refractivity contribution in [1.82, 2.24) is 4.83 Å². The van der Waals surface area contributed by atoms with Crippen molar-refractivity contribution in [2.75, 3.05) is 20.8 Å². The van der Waals surface area contributed by atoms with Gasteiger partial charge >= 0.3 is 0 Å². The highest BCUT2D eigenvalue weighted by Gasteiger charge is 2.15. The van der Waals surface area contributed by atoms with Crippen LogP contribution in [0.1, 0.15) is 18.9 Å². The van der Waals surface area contributed by atoms with Crippen molar-refractivity contribution in [3.8, 4) is 17.2 Å². The molecular weight excluding hydrogens is 375 g/mol. The third-order valence-electron chi connectivity index (χ3n) is 3.44. The minimum atomic E-state index is -3.90. The van der Waals surface area contributed by atoms with Crippen molar-refractivity contribution in [3.05, 3.63) is 47.8 Å². The molecule has 0 fully saturated rings. The van der Waals surface area contributed by atoms with Crippen LogP contribution in [0.25, 0.3) is 0 Å². The summed E-state index contributed by atoms with van der Waals surface area (Å²) in [4.78, 5) is 1.98. The molecule has 0 bridgehead atoms. The topological polar surface area (TPSA) is 86.2 Å². The van der Waals surface area contributed by atoms with E-state index in [0.717, 1.165) is 30.7 Å². The summed E-state index contributed by atoms with van der Waals surface area (Å²) in [5.41, 5.74) is 0.536. The van der Waals surface area contributed by atoms with Gasteiger partial charge in [0.25, 0.3) is 10.0 Å². The van der Waals surface area contributed by atoms with Crippen LogP contribution in [0.5, 0.6) is 17.2 Å². The smallest absolute Gasteiger partial charge is 0.276 e. The maximum Gasteiger partial charge on any atom is 0.276 e. The molecule has 0 unspecified atom stereocenters. The minimum absolute atomic E-state index is 0.0977. The zero-order chi connectivity index (χ0) is 19.9. The molecule has 7 nitrogen and oxygen atoms in total. The van der Waals surface area contributed by atoms with Crippen molar-refractivity contribution in [1.29, 1.82) is 0 Å². The van der Waals surface area contributed by atoms with Gasteiger partial charge in [-0.3, -0.25) is 0 Å². The first-order valence-electron chi connectivity index (χ1n) is 8.10. The molecule has 2 rings (SSSR count). The lowest BCUT2D eigenvalue weighted by Crippen LogP contribution is -2.18. The Hall–Kier alpha value is -2.81. The second-order valence-corrected chi connectivity index (χ2v) is 7.07. The van der Waals surface area contributed by atoms with Gasteiger partial charge in [-0.1, -0.05) is 6.92 Å². The van der Waals surface area contributed by atoms with Gasteiger partial charge in [-0.05, 0) is 42.8 Å². The minimum Gasteiger partial charge on any atom is -0.493 e. The van der Waals surface area contributed by atoms with E-state index in [-0.39, 0.29) is 4.90 Å². The van der Waals surface area contributed by atoms with E-state index in [1.807, 2.05) is 6.92 Å². The Labute approximate surface area is 157 Å². The van der Waals surface area contributed by atoms with Crippen LogP contribution in [0.15, 0.2) is 46.4 Å². The van der Waals surface area contributed by atoms with E-state index in [1.165, 1.54) is 20.4 Å². The summed E-state index contributed by atoms with van der Waals surface area (Å²) in [6.45, 7) is 2.48. The summed E-state index contributed by atoms with van der Waals surface area (Å²) < 4.78 is 53.5. The SMILES string of the molecule is CCCOc1c(OC)cc(/C=N/NS(=O)(=O)c2ccc(F)cc2)cc1OC. The van der Waals surface area contributed by atoms with Crippen LogP contribution >= 0.6 is 0 Å². The summed E-state index contributed by atoms with van der Waals surface area (Å²) in [6.07, 6.45) is 2.12. The molecule has 0 heterocycles. The van der Waals surface area contributed by atoms with Gasteiger partial charge in [0.05, 0.1) is 31.9 Å². The summed E-state index contributed by atoms with van der Waals surface area (Å²) in [7, 11) is -0.917. The average Bonchev–Trinajstić information content (AvgIpc) is 2.66. The standard InChI is InChI=1S/C18H21FN2O5S/c1-4-9-26-18-16(24-2)10-13(11-17(18)25-3)12-20-21-27(22,23)15-7-5-14(19)6-8-15/h5-8,10-12,21H,4,9H2,1-3H3/b20-12+. The van der Waals surface area contributed by atoms with Crippen LogP contribution < -0.4 is 19.0 Å². The number of rotatable bonds is 9. The van der Waals surface area contributed by atoms with Crippen LogP contribution in [0, 0.1) is 5.82 Å². The first-order valence-corrected chi connectivity index (χ1v) is 9.58. The fraction of sp³-hybridized carbons (Fsp3) is 0.278. The van der Waals surface area contributed by atoms with Crippen LogP contribution in [0.2, 0.25) is 0 Å². The van der Waals surface area contributed by atoms with E-state index in [9.17, 15) is 12.8 Å². The molecular formula is C18H21FN2O5S.